The van der Waals surface area contributed by atoms with Gasteiger partial charge in [0.25, 0.3) is 0 Å². The van der Waals surface area contributed by atoms with Crippen molar-refractivity contribution in [1.29, 1.82) is 0 Å². The topological polar surface area (TPSA) is 54.7 Å². The average molecular weight is 278 g/mol. The van der Waals surface area contributed by atoms with E-state index in [-0.39, 0.29) is 5.92 Å². The van der Waals surface area contributed by atoms with Crippen LogP contribution in [0.3, 0.4) is 0 Å². The van der Waals surface area contributed by atoms with Gasteiger partial charge in [-0.05, 0) is 24.5 Å². The molecule has 2 aromatic rings. The lowest BCUT2D eigenvalue weighted by atomic mass is 9.97. The second-order valence-corrected chi connectivity index (χ2v) is 5.69. The van der Waals surface area contributed by atoms with E-state index in [1.54, 1.807) is 0 Å². The zero-order valence-corrected chi connectivity index (χ0v) is 12.1. The molecule has 3 N–H and O–H groups in total. The molecule has 1 aromatic carbocycles. The van der Waals surface area contributed by atoms with E-state index < -0.39 is 0 Å². The Morgan fingerprint density at radius 2 is 2.16 bits per heavy atom. The number of nitrogens with zero attached hydrogens (tertiary/aromatic N) is 1. The zero-order valence-electron chi connectivity index (χ0n) is 11.4. The fourth-order valence-electron chi connectivity index (χ4n) is 2.24. The highest BCUT2D eigenvalue weighted by molar-refractivity contribution is 6.30. The smallest absolute Gasteiger partial charge is 0.110 e. The molecular weight excluding hydrogens is 258 g/mol. The van der Waals surface area contributed by atoms with Crippen LogP contribution in [0.4, 0.5) is 0 Å². The second-order valence-electron chi connectivity index (χ2n) is 5.25. The fourth-order valence-corrected chi connectivity index (χ4v) is 2.43. The van der Waals surface area contributed by atoms with Gasteiger partial charge in [0.15, 0.2) is 0 Å². The van der Waals surface area contributed by atoms with Gasteiger partial charge in [-0.1, -0.05) is 37.6 Å². The highest BCUT2D eigenvalue weighted by atomic mass is 35.5. The number of H-pyrrole nitrogens is 1. The van der Waals surface area contributed by atoms with Gasteiger partial charge in [0, 0.05) is 23.0 Å². The number of aromatic nitrogens is 2. The van der Waals surface area contributed by atoms with Crippen molar-refractivity contribution in [2.24, 2.45) is 11.7 Å². The summed E-state index contributed by atoms with van der Waals surface area (Å²) in [6.45, 7) is 5.01. The maximum absolute atomic E-state index is 6.01. The van der Waals surface area contributed by atoms with E-state index in [0.717, 1.165) is 28.5 Å². The number of nitrogens with two attached hydrogens (primary N) is 1. The maximum Gasteiger partial charge on any atom is 0.110 e. The van der Waals surface area contributed by atoms with E-state index in [9.17, 15) is 0 Å². The van der Waals surface area contributed by atoms with E-state index in [1.807, 2.05) is 30.5 Å². The predicted octanol–water partition coefficient (Wildman–Crippen LogP) is 3.82. The number of hydrogen-bond acceptors (Lipinski definition) is 2. The van der Waals surface area contributed by atoms with E-state index in [1.165, 1.54) is 0 Å². The summed E-state index contributed by atoms with van der Waals surface area (Å²) < 4.78 is 0. The van der Waals surface area contributed by atoms with Gasteiger partial charge in [0.1, 0.15) is 5.82 Å². The van der Waals surface area contributed by atoms with Gasteiger partial charge >= 0.3 is 0 Å². The van der Waals surface area contributed by atoms with Crippen molar-refractivity contribution in [2.75, 3.05) is 6.54 Å². The van der Waals surface area contributed by atoms with Crippen LogP contribution in [0.2, 0.25) is 5.02 Å². The molecule has 0 fully saturated rings. The Balaban J connectivity index is 2.23. The molecule has 3 nitrogen and oxygen atoms in total. The molecule has 0 saturated carbocycles. The van der Waals surface area contributed by atoms with E-state index >= 15 is 0 Å². The number of rotatable bonds is 5. The van der Waals surface area contributed by atoms with Gasteiger partial charge in [-0.3, -0.25) is 0 Å². The normalized spacial score (nSPS) is 12.9. The summed E-state index contributed by atoms with van der Waals surface area (Å²) in [5.74, 6) is 1.85. The molecule has 0 amide bonds. The number of nitrogens with one attached hydrogen (secondary N) is 1. The summed E-state index contributed by atoms with van der Waals surface area (Å²) in [6, 6.07) is 7.75. The minimum Gasteiger partial charge on any atom is -0.342 e. The quantitative estimate of drug-likeness (QED) is 0.873. The molecule has 0 spiro atoms. The SMILES string of the molecule is CC(C)CC(CN)c1ncc(-c2cccc(Cl)c2)[nH]1. The third-order valence-corrected chi connectivity index (χ3v) is 3.39. The second kappa shape index (κ2) is 6.22. The standard InChI is InChI=1S/C15H20ClN3/c1-10(2)6-12(8-17)15-18-9-14(19-15)11-4-3-5-13(16)7-11/h3-5,7,9-10,12H,6,8,17H2,1-2H3,(H,18,19). The minimum atomic E-state index is 0.285. The molecule has 2 rings (SSSR count). The average Bonchev–Trinajstić information content (AvgIpc) is 2.85. The van der Waals surface area contributed by atoms with Crippen molar-refractivity contribution in [2.45, 2.75) is 26.2 Å². The number of hydrogen-bond donors (Lipinski definition) is 2. The molecule has 0 bridgehead atoms. The molecule has 0 aliphatic rings. The molecule has 1 atom stereocenters. The highest BCUT2D eigenvalue weighted by Crippen LogP contribution is 2.25. The summed E-state index contributed by atoms with van der Waals surface area (Å²) in [4.78, 5) is 7.83. The van der Waals surface area contributed by atoms with Crippen molar-refractivity contribution in [1.82, 2.24) is 9.97 Å². The van der Waals surface area contributed by atoms with Crippen molar-refractivity contribution < 1.29 is 0 Å². The number of halogens is 1. The van der Waals surface area contributed by atoms with Gasteiger partial charge in [-0.15, -0.1) is 0 Å². The molecule has 1 aromatic heterocycles. The molecule has 1 heterocycles. The first-order valence-electron chi connectivity index (χ1n) is 6.61. The van der Waals surface area contributed by atoms with Crippen LogP contribution >= 0.6 is 11.6 Å². The number of aromatic amines is 1. The zero-order chi connectivity index (χ0) is 13.8. The van der Waals surface area contributed by atoms with Crippen molar-refractivity contribution in [3.05, 3.63) is 41.3 Å². The molecule has 0 radical (unpaired) electrons. The van der Waals surface area contributed by atoms with E-state index in [0.29, 0.717) is 12.5 Å². The molecule has 0 aliphatic carbocycles. The third-order valence-electron chi connectivity index (χ3n) is 3.16. The summed E-state index contributed by atoms with van der Waals surface area (Å²) in [5.41, 5.74) is 7.88. The molecule has 0 aliphatic heterocycles. The van der Waals surface area contributed by atoms with E-state index in [4.69, 9.17) is 17.3 Å². The Bertz CT molecular complexity index is 534. The predicted molar refractivity (Wildman–Crippen MR) is 80.3 cm³/mol. The Morgan fingerprint density at radius 3 is 2.79 bits per heavy atom. The lowest BCUT2D eigenvalue weighted by molar-refractivity contribution is 0.490. The molecule has 1 unspecified atom stereocenters. The van der Waals surface area contributed by atoms with Crippen LogP contribution in [0.25, 0.3) is 11.3 Å². The van der Waals surface area contributed by atoms with Crippen LogP contribution in [0.1, 0.15) is 32.0 Å². The summed E-state index contributed by atoms with van der Waals surface area (Å²) in [7, 11) is 0. The minimum absolute atomic E-state index is 0.285. The highest BCUT2D eigenvalue weighted by Gasteiger charge is 2.15. The first-order chi connectivity index (χ1) is 9.10. The fraction of sp³-hybridized carbons (Fsp3) is 0.400. The van der Waals surface area contributed by atoms with Crippen LogP contribution < -0.4 is 5.73 Å². The van der Waals surface area contributed by atoms with Crippen molar-refractivity contribution >= 4 is 11.6 Å². The summed E-state index contributed by atoms with van der Waals surface area (Å²) >= 11 is 6.01. The van der Waals surface area contributed by atoms with Crippen molar-refractivity contribution in [3.63, 3.8) is 0 Å². The Kier molecular flexibility index (Phi) is 4.61. The van der Waals surface area contributed by atoms with Gasteiger partial charge in [0.2, 0.25) is 0 Å². The van der Waals surface area contributed by atoms with Crippen LogP contribution in [0.5, 0.6) is 0 Å². The Labute approximate surface area is 119 Å². The lowest BCUT2D eigenvalue weighted by Crippen LogP contribution is -2.15. The first-order valence-corrected chi connectivity index (χ1v) is 6.99. The van der Waals surface area contributed by atoms with Gasteiger partial charge in [-0.2, -0.15) is 0 Å². The van der Waals surface area contributed by atoms with E-state index in [2.05, 4.69) is 23.8 Å². The van der Waals surface area contributed by atoms with Gasteiger partial charge < -0.3 is 10.7 Å². The summed E-state index contributed by atoms with van der Waals surface area (Å²) in [5, 5.41) is 0.728. The largest absolute Gasteiger partial charge is 0.342 e. The molecular formula is C15H20ClN3. The Hall–Kier alpha value is -1.32. The monoisotopic (exact) mass is 277 g/mol. The van der Waals surface area contributed by atoms with Gasteiger partial charge in [0.05, 0.1) is 11.9 Å². The first kappa shape index (κ1) is 14.1. The van der Waals surface area contributed by atoms with Crippen LogP contribution in [-0.2, 0) is 0 Å². The molecule has 19 heavy (non-hydrogen) atoms. The van der Waals surface area contributed by atoms with Crippen LogP contribution in [0.15, 0.2) is 30.5 Å². The maximum atomic E-state index is 6.01. The number of imidazole rings is 1. The lowest BCUT2D eigenvalue weighted by Gasteiger charge is -2.14. The van der Waals surface area contributed by atoms with Gasteiger partial charge in [-0.25, -0.2) is 4.98 Å². The summed E-state index contributed by atoms with van der Waals surface area (Å²) in [6.07, 6.45) is 2.89. The van der Waals surface area contributed by atoms with Crippen LogP contribution in [0, 0.1) is 5.92 Å². The molecule has 4 heteroatoms. The Morgan fingerprint density at radius 1 is 1.37 bits per heavy atom. The van der Waals surface area contributed by atoms with Crippen molar-refractivity contribution in [3.8, 4) is 11.3 Å². The van der Waals surface area contributed by atoms with Crippen LogP contribution in [-0.4, -0.2) is 16.5 Å². The number of benzene rings is 1. The molecule has 0 saturated heterocycles. The third kappa shape index (κ3) is 3.58. The molecule has 102 valence electrons.